The molecule has 2 unspecified atom stereocenters. The van der Waals surface area contributed by atoms with Crippen molar-refractivity contribution in [2.75, 3.05) is 20.3 Å². The van der Waals surface area contributed by atoms with Gasteiger partial charge in [0.25, 0.3) is 0 Å². The number of para-hydroxylation sites is 1. The van der Waals surface area contributed by atoms with Crippen LogP contribution in [0.5, 0.6) is 0 Å². The Bertz CT molecular complexity index is 1530. The van der Waals surface area contributed by atoms with Gasteiger partial charge in [0.05, 0.1) is 13.7 Å². The number of carbonyl (C=O) groups excluding carboxylic acids is 4. The highest BCUT2D eigenvalue weighted by Crippen LogP contribution is 2.25. The van der Waals surface area contributed by atoms with Gasteiger partial charge < -0.3 is 29.8 Å². The Morgan fingerprint density at radius 2 is 1.71 bits per heavy atom. The second kappa shape index (κ2) is 16.6. The molecule has 4 rings (SSSR count). The molecule has 1 fully saturated rings. The van der Waals surface area contributed by atoms with Crippen molar-refractivity contribution in [1.29, 1.82) is 0 Å². The molecule has 11 heteroatoms. The summed E-state index contributed by atoms with van der Waals surface area (Å²) in [5, 5.41) is 6.82. The maximum atomic E-state index is 14.3. The fraction of sp³-hybridized carbons (Fsp3) is 0.514. The number of aromatic amines is 1. The lowest BCUT2D eigenvalue weighted by Crippen LogP contribution is -2.56. The maximum Gasteiger partial charge on any atom is 0.412 e. The molecule has 1 aromatic heterocycles. The van der Waals surface area contributed by atoms with Crippen LogP contribution in [0.4, 0.5) is 4.79 Å². The Hall–Kier alpha value is -4.38. The number of nitrogens with zero attached hydrogens (tertiary/aromatic N) is 1. The third-order valence-corrected chi connectivity index (χ3v) is 8.71. The van der Waals surface area contributed by atoms with E-state index in [4.69, 9.17) is 14.2 Å². The number of amides is 3. The highest BCUT2D eigenvalue weighted by atomic mass is 16.6. The Balaban J connectivity index is 1.64. The molecule has 0 spiro atoms. The molecular formula is C37H50N4O7. The molecule has 0 radical (unpaired) electrons. The minimum atomic E-state index is -1.01. The van der Waals surface area contributed by atoms with E-state index in [1.165, 1.54) is 7.11 Å². The fourth-order valence-corrected chi connectivity index (χ4v) is 5.91. The molecular weight excluding hydrogens is 612 g/mol. The van der Waals surface area contributed by atoms with Gasteiger partial charge >= 0.3 is 12.1 Å². The van der Waals surface area contributed by atoms with Crippen molar-refractivity contribution in [1.82, 2.24) is 20.5 Å². The van der Waals surface area contributed by atoms with Crippen LogP contribution in [0.3, 0.4) is 0 Å². The summed E-state index contributed by atoms with van der Waals surface area (Å²) in [5.41, 5.74) is 1.98. The van der Waals surface area contributed by atoms with E-state index in [0.29, 0.717) is 32.4 Å². The van der Waals surface area contributed by atoms with Crippen LogP contribution in [0.2, 0.25) is 0 Å². The molecule has 2 aromatic carbocycles. The number of aromatic nitrogens is 1. The third-order valence-electron chi connectivity index (χ3n) is 8.71. The zero-order chi connectivity index (χ0) is 34.8. The van der Waals surface area contributed by atoms with Gasteiger partial charge in [-0.15, -0.1) is 0 Å². The number of benzene rings is 2. The summed E-state index contributed by atoms with van der Waals surface area (Å²) in [6.45, 7) is 10.1. The molecule has 0 aliphatic carbocycles. The van der Waals surface area contributed by atoms with Gasteiger partial charge in [-0.1, -0.05) is 68.8 Å². The Labute approximate surface area is 283 Å². The predicted octanol–water partition coefficient (Wildman–Crippen LogP) is 5.13. The number of H-pyrrole nitrogens is 1. The van der Waals surface area contributed by atoms with Gasteiger partial charge in [-0.25, -0.2) is 9.59 Å². The van der Waals surface area contributed by atoms with E-state index in [1.807, 2.05) is 74.6 Å². The minimum Gasteiger partial charge on any atom is -0.467 e. The second-order valence-corrected chi connectivity index (χ2v) is 13.5. The molecule has 3 aromatic rings. The largest absolute Gasteiger partial charge is 0.467 e. The molecule has 11 nitrogen and oxygen atoms in total. The average molecular weight is 663 g/mol. The molecule has 260 valence electrons. The molecule has 0 saturated carbocycles. The van der Waals surface area contributed by atoms with Crippen LogP contribution in [0, 0.1) is 11.8 Å². The number of hydrogen-bond donors (Lipinski definition) is 3. The number of fused-ring (bicyclic) bond motifs is 1. The van der Waals surface area contributed by atoms with E-state index in [1.54, 1.807) is 25.7 Å². The second-order valence-electron chi connectivity index (χ2n) is 13.5. The van der Waals surface area contributed by atoms with Crippen LogP contribution in [-0.2, 0) is 41.4 Å². The monoisotopic (exact) mass is 662 g/mol. The van der Waals surface area contributed by atoms with Crippen molar-refractivity contribution in [3.63, 3.8) is 0 Å². The molecule has 48 heavy (non-hydrogen) atoms. The Kier molecular flexibility index (Phi) is 12.6. The standard InChI is InChI=1S/C37H50N4O7/c1-7-24(2)32(35(44)46-6)40-34(43)30(21-27-23-38-29-17-12-11-16-28(27)29)39-33(42)26(20-25-14-9-8-10-15-25)22-31-41(18-13-19-47-31)36(45)48-37(3,4)5/h8-12,14-17,23-24,26,30-32,38H,7,13,18-22H2,1-6H3,(H,39,42)(H,40,43)/t24-,26?,30-,31?,32-/m0/s1. The van der Waals surface area contributed by atoms with Gasteiger partial charge in [0.2, 0.25) is 11.8 Å². The van der Waals surface area contributed by atoms with Crippen LogP contribution in [0.1, 0.15) is 65.0 Å². The summed E-state index contributed by atoms with van der Waals surface area (Å²) < 4.78 is 16.7. The van der Waals surface area contributed by atoms with Gasteiger partial charge in [0.15, 0.2) is 0 Å². The summed E-state index contributed by atoms with van der Waals surface area (Å²) in [5.74, 6) is -2.26. The normalized spacial score (nSPS) is 17.5. The van der Waals surface area contributed by atoms with Crippen molar-refractivity contribution in [2.45, 2.75) is 90.6 Å². The topological polar surface area (TPSA) is 139 Å². The quantitative estimate of drug-likeness (QED) is 0.216. The molecule has 3 amide bonds. The van der Waals surface area contributed by atoms with Crippen LogP contribution in [0.15, 0.2) is 60.8 Å². The van der Waals surface area contributed by atoms with Gasteiger partial charge in [0, 0.05) is 42.4 Å². The van der Waals surface area contributed by atoms with E-state index in [9.17, 15) is 19.2 Å². The number of carbonyl (C=O) groups is 4. The Morgan fingerprint density at radius 3 is 2.40 bits per heavy atom. The zero-order valence-electron chi connectivity index (χ0n) is 28.9. The number of rotatable bonds is 13. The number of esters is 1. The van der Waals surface area contributed by atoms with E-state index >= 15 is 0 Å². The first-order chi connectivity index (χ1) is 22.9. The first-order valence-corrected chi connectivity index (χ1v) is 16.8. The summed E-state index contributed by atoms with van der Waals surface area (Å²) in [7, 11) is 1.29. The highest BCUT2D eigenvalue weighted by Gasteiger charge is 2.37. The molecule has 5 atom stereocenters. The van der Waals surface area contributed by atoms with Crippen LogP contribution >= 0.6 is 0 Å². The maximum absolute atomic E-state index is 14.3. The smallest absolute Gasteiger partial charge is 0.412 e. The third kappa shape index (κ3) is 9.82. The highest BCUT2D eigenvalue weighted by molar-refractivity contribution is 5.92. The van der Waals surface area contributed by atoms with E-state index in [0.717, 1.165) is 22.0 Å². The predicted molar refractivity (Wildman–Crippen MR) is 183 cm³/mol. The lowest BCUT2D eigenvalue weighted by atomic mass is 9.92. The van der Waals surface area contributed by atoms with Gasteiger partial charge in [-0.2, -0.15) is 0 Å². The van der Waals surface area contributed by atoms with Crippen LogP contribution in [-0.4, -0.2) is 77.9 Å². The zero-order valence-corrected chi connectivity index (χ0v) is 28.9. The fourth-order valence-electron chi connectivity index (χ4n) is 5.91. The first kappa shape index (κ1) is 36.5. The molecule has 1 saturated heterocycles. The number of hydrogen-bond acceptors (Lipinski definition) is 7. The number of nitrogens with one attached hydrogen (secondary N) is 3. The summed E-state index contributed by atoms with van der Waals surface area (Å²) in [6.07, 6.45) is 2.65. The lowest BCUT2D eigenvalue weighted by molar-refractivity contribution is -0.147. The van der Waals surface area contributed by atoms with Crippen molar-refractivity contribution in [3.05, 3.63) is 71.9 Å². The minimum absolute atomic E-state index is 0.179. The number of ether oxygens (including phenoxy) is 3. The van der Waals surface area contributed by atoms with Crippen molar-refractivity contribution in [3.8, 4) is 0 Å². The number of methoxy groups -OCH3 is 1. The van der Waals surface area contributed by atoms with Crippen molar-refractivity contribution >= 4 is 34.8 Å². The van der Waals surface area contributed by atoms with Crippen LogP contribution in [0.25, 0.3) is 10.9 Å². The molecule has 0 bridgehead atoms. The molecule has 2 heterocycles. The summed E-state index contributed by atoms with van der Waals surface area (Å²) >= 11 is 0. The molecule has 1 aliphatic rings. The van der Waals surface area contributed by atoms with E-state index in [2.05, 4.69) is 15.6 Å². The molecule has 3 N–H and O–H groups in total. The van der Waals surface area contributed by atoms with Crippen molar-refractivity contribution < 1.29 is 33.4 Å². The van der Waals surface area contributed by atoms with Gasteiger partial charge in [-0.05, 0) is 56.7 Å². The summed E-state index contributed by atoms with van der Waals surface area (Å²) in [4.78, 5) is 59.0. The van der Waals surface area contributed by atoms with Crippen molar-refractivity contribution in [2.24, 2.45) is 11.8 Å². The van der Waals surface area contributed by atoms with Gasteiger partial charge in [-0.3, -0.25) is 14.5 Å². The van der Waals surface area contributed by atoms with E-state index < -0.39 is 47.8 Å². The van der Waals surface area contributed by atoms with Gasteiger partial charge in [0.1, 0.15) is 23.9 Å². The summed E-state index contributed by atoms with van der Waals surface area (Å²) in [6, 6.07) is 15.4. The first-order valence-electron chi connectivity index (χ1n) is 16.8. The Morgan fingerprint density at radius 1 is 1.00 bits per heavy atom. The van der Waals surface area contributed by atoms with Crippen LogP contribution < -0.4 is 10.6 Å². The molecule has 1 aliphatic heterocycles. The SMILES string of the molecule is CC[C@H](C)[C@H](NC(=O)[C@H](Cc1c[nH]c2ccccc12)NC(=O)C(Cc1ccccc1)CC1OCCCN1C(=O)OC(C)(C)C)C(=O)OC. The lowest BCUT2D eigenvalue weighted by Gasteiger charge is -2.38. The average Bonchev–Trinajstić information content (AvgIpc) is 3.48. The van der Waals surface area contributed by atoms with E-state index in [-0.39, 0.29) is 24.7 Å².